The van der Waals surface area contributed by atoms with Gasteiger partial charge in [-0.3, -0.25) is 4.90 Å². The molecule has 2 saturated heterocycles. The van der Waals surface area contributed by atoms with Crippen LogP contribution in [0.25, 0.3) is 0 Å². The molecule has 0 spiro atoms. The highest BCUT2D eigenvalue weighted by atomic mass is 16.5. The molecule has 2 N–H and O–H groups in total. The maximum absolute atomic E-state index is 12.3. The summed E-state index contributed by atoms with van der Waals surface area (Å²) in [6.07, 6.45) is 1.51. The van der Waals surface area contributed by atoms with Crippen LogP contribution in [0.5, 0.6) is 5.75 Å². The standard InChI is InChI=1S/C20H28N4O3/c1-14(2)22-20(26)23-10-16-5-6-17(11-23)24(16)12-18(25)13-27-19-7-3-15(9-21)4-8-19/h3-4,7-8,14,16-18,25H,5-6,10-13H2,1-2H3,(H,22,26). The second-order valence-corrected chi connectivity index (χ2v) is 7.69. The molecule has 2 bridgehead atoms. The summed E-state index contributed by atoms with van der Waals surface area (Å²) in [6, 6.07) is 9.67. The number of carbonyl (C=O) groups excluding carboxylic acids is 1. The average Bonchev–Trinajstić information content (AvgIpc) is 2.87. The van der Waals surface area contributed by atoms with Gasteiger partial charge in [0, 0.05) is 37.8 Å². The molecule has 7 heteroatoms. The van der Waals surface area contributed by atoms with Gasteiger partial charge in [0.1, 0.15) is 18.5 Å². The first-order valence-electron chi connectivity index (χ1n) is 9.58. The number of likely N-dealkylation sites (tertiary alicyclic amines) is 1. The first-order valence-corrected chi connectivity index (χ1v) is 9.58. The zero-order valence-electron chi connectivity index (χ0n) is 16.0. The summed E-state index contributed by atoms with van der Waals surface area (Å²) >= 11 is 0. The SMILES string of the molecule is CC(C)NC(=O)N1CC2CCC(C1)N2CC(O)COc1ccc(C#N)cc1. The molecule has 2 amide bonds. The molecule has 146 valence electrons. The van der Waals surface area contributed by atoms with Gasteiger partial charge in [-0.2, -0.15) is 5.26 Å². The summed E-state index contributed by atoms with van der Waals surface area (Å²) in [4.78, 5) is 16.5. The Bertz CT molecular complexity index is 671. The topological polar surface area (TPSA) is 88.8 Å². The van der Waals surface area contributed by atoms with Gasteiger partial charge in [-0.25, -0.2) is 4.79 Å². The lowest BCUT2D eigenvalue weighted by molar-refractivity contribution is 0.0198. The molecule has 0 aliphatic carbocycles. The fourth-order valence-electron chi connectivity index (χ4n) is 3.91. The summed E-state index contributed by atoms with van der Waals surface area (Å²) in [6.45, 7) is 6.10. The van der Waals surface area contributed by atoms with E-state index in [0.717, 1.165) is 12.8 Å². The lowest BCUT2D eigenvalue weighted by Gasteiger charge is -2.41. The maximum atomic E-state index is 12.3. The normalized spacial score (nSPS) is 23.1. The van der Waals surface area contributed by atoms with E-state index in [9.17, 15) is 9.90 Å². The van der Waals surface area contributed by atoms with E-state index in [1.54, 1.807) is 24.3 Å². The van der Waals surface area contributed by atoms with Gasteiger partial charge in [0.15, 0.2) is 0 Å². The molecule has 0 aromatic heterocycles. The first kappa shape index (κ1) is 19.5. The van der Waals surface area contributed by atoms with Crippen LogP contribution >= 0.6 is 0 Å². The lowest BCUT2D eigenvalue weighted by atomic mass is 10.1. The second-order valence-electron chi connectivity index (χ2n) is 7.69. The number of nitrogens with one attached hydrogen (secondary N) is 1. The highest BCUT2D eigenvalue weighted by Crippen LogP contribution is 2.30. The van der Waals surface area contributed by atoms with Crippen molar-refractivity contribution in [2.75, 3.05) is 26.2 Å². The highest BCUT2D eigenvalue weighted by Gasteiger charge is 2.41. The predicted octanol–water partition coefficient (Wildman–Crippen LogP) is 1.56. The maximum Gasteiger partial charge on any atom is 0.317 e. The molecule has 3 rings (SSSR count). The van der Waals surface area contributed by atoms with E-state index in [4.69, 9.17) is 10.00 Å². The van der Waals surface area contributed by atoms with Crippen molar-refractivity contribution in [2.45, 2.75) is 50.9 Å². The molecule has 2 aliphatic rings. The number of aliphatic hydroxyl groups is 1. The van der Waals surface area contributed by atoms with Crippen LogP contribution < -0.4 is 10.1 Å². The highest BCUT2D eigenvalue weighted by molar-refractivity contribution is 5.74. The third kappa shape index (κ3) is 4.90. The zero-order valence-corrected chi connectivity index (χ0v) is 16.0. The van der Waals surface area contributed by atoms with Crippen LogP contribution in [0.4, 0.5) is 4.79 Å². The molecule has 3 atom stereocenters. The number of amides is 2. The predicted molar refractivity (Wildman–Crippen MR) is 101 cm³/mol. The van der Waals surface area contributed by atoms with E-state index < -0.39 is 6.10 Å². The van der Waals surface area contributed by atoms with Crippen LogP contribution in [0.2, 0.25) is 0 Å². The fraction of sp³-hybridized carbons (Fsp3) is 0.600. The number of nitriles is 1. The monoisotopic (exact) mass is 372 g/mol. The van der Waals surface area contributed by atoms with Gasteiger partial charge in [-0.15, -0.1) is 0 Å². The Labute approximate surface area is 160 Å². The van der Waals surface area contributed by atoms with E-state index in [-0.39, 0.29) is 18.7 Å². The molecular weight excluding hydrogens is 344 g/mol. The number of ether oxygens (including phenoxy) is 1. The van der Waals surface area contributed by atoms with E-state index in [2.05, 4.69) is 16.3 Å². The van der Waals surface area contributed by atoms with E-state index in [1.807, 2.05) is 18.7 Å². The average molecular weight is 372 g/mol. The Morgan fingerprint density at radius 3 is 2.48 bits per heavy atom. The van der Waals surface area contributed by atoms with Crippen LogP contribution in [0, 0.1) is 11.3 Å². The Hall–Kier alpha value is -2.30. The first-order chi connectivity index (χ1) is 13.0. The van der Waals surface area contributed by atoms with Crippen molar-refractivity contribution in [1.29, 1.82) is 5.26 Å². The van der Waals surface area contributed by atoms with Gasteiger partial charge in [-0.1, -0.05) is 0 Å². The van der Waals surface area contributed by atoms with Gasteiger partial charge < -0.3 is 20.1 Å². The molecule has 3 unspecified atom stereocenters. The van der Waals surface area contributed by atoms with Gasteiger partial charge in [0.05, 0.1) is 11.6 Å². The van der Waals surface area contributed by atoms with Crippen molar-refractivity contribution in [3.63, 3.8) is 0 Å². The minimum Gasteiger partial charge on any atom is -0.491 e. The third-order valence-electron chi connectivity index (χ3n) is 5.18. The van der Waals surface area contributed by atoms with Crippen molar-refractivity contribution in [3.8, 4) is 11.8 Å². The third-order valence-corrected chi connectivity index (χ3v) is 5.18. The minimum atomic E-state index is -0.597. The summed E-state index contributed by atoms with van der Waals surface area (Å²) in [5, 5.41) is 22.2. The molecule has 2 heterocycles. The van der Waals surface area contributed by atoms with Crippen molar-refractivity contribution in [3.05, 3.63) is 29.8 Å². The number of nitrogens with zero attached hydrogens (tertiary/aromatic N) is 3. The number of hydrogen-bond acceptors (Lipinski definition) is 5. The summed E-state index contributed by atoms with van der Waals surface area (Å²) in [5.74, 6) is 0.645. The summed E-state index contributed by atoms with van der Waals surface area (Å²) in [7, 11) is 0. The number of benzene rings is 1. The summed E-state index contributed by atoms with van der Waals surface area (Å²) in [5.41, 5.74) is 0.582. The molecule has 7 nitrogen and oxygen atoms in total. The smallest absolute Gasteiger partial charge is 0.317 e. The van der Waals surface area contributed by atoms with Gasteiger partial charge in [0.25, 0.3) is 0 Å². The number of urea groups is 1. The second kappa shape index (κ2) is 8.59. The fourth-order valence-corrected chi connectivity index (χ4v) is 3.91. The summed E-state index contributed by atoms with van der Waals surface area (Å²) < 4.78 is 5.64. The molecule has 1 aromatic rings. The zero-order chi connectivity index (χ0) is 19.4. The molecular formula is C20H28N4O3. The van der Waals surface area contributed by atoms with Crippen LogP contribution in [0.1, 0.15) is 32.3 Å². The molecule has 27 heavy (non-hydrogen) atoms. The van der Waals surface area contributed by atoms with Gasteiger partial charge in [-0.05, 0) is 51.0 Å². The quantitative estimate of drug-likeness (QED) is 0.791. The van der Waals surface area contributed by atoms with E-state index >= 15 is 0 Å². The van der Waals surface area contributed by atoms with Crippen LogP contribution in [0.3, 0.4) is 0 Å². The van der Waals surface area contributed by atoms with Gasteiger partial charge >= 0.3 is 6.03 Å². The molecule has 0 radical (unpaired) electrons. The number of hydrogen-bond donors (Lipinski definition) is 2. The van der Waals surface area contributed by atoms with E-state index in [0.29, 0.717) is 43.0 Å². The van der Waals surface area contributed by atoms with Crippen LogP contribution in [-0.4, -0.2) is 71.4 Å². The molecule has 0 saturated carbocycles. The number of aliphatic hydroxyl groups excluding tert-OH is 1. The van der Waals surface area contributed by atoms with E-state index in [1.165, 1.54) is 0 Å². The van der Waals surface area contributed by atoms with Crippen molar-refractivity contribution in [1.82, 2.24) is 15.1 Å². The molecule has 1 aromatic carbocycles. The Kier molecular flexibility index (Phi) is 6.19. The minimum absolute atomic E-state index is 0.00578. The van der Waals surface area contributed by atoms with Gasteiger partial charge in [0.2, 0.25) is 0 Å². The number of carbonyl (C=O) groups is 1. The number of piperazine rings is 1. The van der Waals surface area contributed by atoms with Crippen LogP contribution in [-0.2, 0) is 0 Å². The number of fused-ring (bicyclic) bond motifs is 2. The van der Waals surface area contributed by atoms with Crippen molar-refractivity contribution in [2.24, 2.45) is 0 Å². The Balaban J connectivity index is 1.48. The van der Waals surface area contributed by atoms with Crippen LogP contribution in [0.15, 0.2) is 24.3 Å². The molecule has 2 aliphatic heterocycles. The van der Waals surface area contributed by atoms with Crippen molar-refractivity contribution >= 4 is 6.03 Å². The number of rotatable bonds is 6. The Morgan fingerprint density at radius 2 is 1.93 bits per heavy atom. The van der Waals surface area contributed by atoms with Crippen molar-refractivity contribution < 1.29 is 14.6 Å². The largest absolute Gasteiger partial charge is 0.491 e. The Morgan fingerprint density at radius 1 is 1.30 bits per heavy atom. The molecule has 2 fully saturated rings. The lowest BCUT2D eigenvalue weighted by Crippen LogP contribution is -2.59.